The van der Waals surface area contributed by atoms with E-state index in [1.165, 1.54) is 17.7 Å². The van der Waals surface area contributed by atoms with Crippen LogP contribution in [0.5, 0.6) is 0 Å². The van der Waals surface area contributed by atoms with Crippen LogP contribution in [0.2, 0.25) is 0 Å². The number of benzene rings is 2. The van der Waals surface area contributed by atoms with Crippen LogP contribution in [0.3, 0.4) is 0 Å². The van der Waals surface area contributed by atoms with E-state index < -0.39 is 0 Å². The van der Waals surface area contributed by atoms with E-state index in [0.29, 0.717) is 12.1 Å². The Morgan fingerprint density at radius 1 is 0.941 bits per heavy atom. The molecule has 1 heteroatoms. The molecule has 2 aromatic rings. The van der Waals surface area contributed by atoms with Gasteiger partial charge in [-0.15, -0.1) is 0 Å². The quantitative estimate of drug-likeness (QED) is 0.715. The lowest BCUT2D eigenvalue weighted by Gasteiger charge is -2.14. The summed E-state index contributed by atoms with van der Waals surface area (Å²) in [4.78, 5) is 2.53. The van der Waals surface area contributed by atoms with Gasteiger partial charge in [0.1, 0.15) is 0 Å². The first-order valence-corrected chi connectivity index (χ1v) is 6.22. The number of hydrogen-bond donors (Lipinski definition) is 0. The van der Waals surface area contributed by atoms with Crippen LogP contribution >= 0.6 is 0 Å². The van der Waals surface area contributed by atoms with E-state index in [2.05, 4.69) is 72.5 Å². The van der Waals surface area contributed by atoms with Crippen LogP contribution in [-0.4, -0.2) is 11.4 Å². The van der Waals surface area contributed by atoms with Crippen molar-refractivity contribution in [3.63, 3.8) is 0 Å². The maximum Gasteiger partial charge on any atom is 0.0482 e. The zero-order valence-electron chi connectivity index (χ0n) is 10.1. The maximum absolute atomic E-state index is 2.53. The molecule has 2 aromatic carbocycles. The lowest BCUT2D eigenvalue weighted by atomic mass is 10.1. The van der Waals surface area contributed by atoms with Crippen LogP contribution in [0.1, 0.15) is 30.1 Å². The fourth-order valence-corrected chi connectivity index (χ4v) is 2.48. The fraction of sp³-hybridized carbons (Fsp3) is 0.250. The third-order valence-corrected chi connectivity index (χ3v) is 3.61. The standard InChI is InChI=1S/C16H17N/c1-13(14-8-4-2-5-9-14)17-12-16(17)15-10-6-3-7-11-15/h2-11,13,16H,12H2,1H3/t13-,16+,17?/m0/s1. The Morgan fingerprint density at radius 2 is 1.53 bits per heavy atom. The zero-order chi connectivity index (χ0) is 11.7. The Bertz CT molecular complexity index is 477. The maximum atomic E-state index is 2.53. The van der Waals surface area contributed by atoms with Crippen LogP contribution in [0.25, 0.3) is 0 Å². The summed E-state index contributed by atoms with van der Waals surface area (Å²) in [7, 11) is 0. The summed E-state index contributed by atoms with van der Waals surface area (Å²) in [6, 6.07) is 22.6. The average molecular weight is 223 g/mol. The van der Waals surface area contributed by atoms with Gasteiger partial charge in [-0.3, -0.25) is 4.90 Å². The molecular formula is C16H17N. The van der Waals surface area contributed by atoms with Crippen molar-refractivity contribution < 1.29 is 0 Å². The monoisotopic (exact) mass is 223 g/mol. The van der Waals surface area contributed by atoms with Crippen molar-refractivity contribution in [2.45, 2.75) is 19.0 Å². The molecule has 1 aliphatic heterocycles. The van der Waals surface area contributed by atoms with E-state index in [-0.39, 0.29) is 0 Å². The van der Waals surface area contributed by atoms with Gasteiger partial charge in [0.15, 0.2) is 0 Å². The predicted octanol–water partition coefficient (Wildman–Crippen LogP) is 3.80. The molecule has 3 atom stereocenters. The van der Waals surface area contributed by atoms with Crippen LogP contribution in [0.15, 0.2) is 60.7 Å². The van der Waals surface area contributed by atoms with Gasteiger partial charge >= 0.3 is 0 Å². The van der Waals surface area contributed by atoms with E-state index in [1.807, 2.05) is 0 Å². The normalized spacial score (nSPS) is 24.3. The Kier molecular flexibility index (Phi) is 2.69. The molecule has 1 aliphatic rings. The van der Waals surface area contributed by atoms with Crippen molar-refractivity contribution in [3.05, 3.63) is 71.8 Å². The topological polar surface area (TPSA) is 3.01 Å². The molecule has 0 amide bonds. The molecular weight excluding hydrogens is 206 g/mol. The molecule has 1 saturated heterocycles. The third kappa shape index (κ3) is 2.11. The second-order valence-corrected chi connectivity index (χ2v) is 4.71. The highest BCUT2D eigenvalue weighted by Gasteiger charge is 2.38. The first-order valence-electron chi connectivity index (χ1n) is 6.22. The molecule has 0 radical (unpaired) electrons. The van der Waals surface area contributed by atoms with Crippen molar-refractivity contribution in [1.29, 1.82) is 0 Å². The fourth-order valence-electron chi connectivity index (χ4n) is 2.48. The molecule has 1 fully saturated rings. The minimum Gasteiger partial charge on any atom is -0.286 e. The van der Waals surface area contributed by atoms with Crippen molar-refractivity contribution in [3.8, 4) is 0 Å². The van der Waals surface area contributed by atoms with Crippen molar-refractivity contribution in [2.75, 3.05) is 6.54 Å². The molecule has 0 N–H and O–H groups in total. The summed E-state index contributed by atoms with van der Waals surface area (Å²) in [6.45, 7) is 3.47. The zero-order valence-corrected chi connectivity index (χ0v) is 10.1. The van der Waals surface area contributed by atoms with Gasteiger partial charge in [0.25, 0.3) is 0 Å². The van der Waals surface area contributed by atoms with Gasteiger partial charge in [0.05, 0.1) is 0 Å². The van der Waals surface area contributed by atoms with Gasteiger partial charge in [0.2, 0.25) is 0 Å². The second kappa shape index (κ2) is 4.34. The van der Waals surface area contributed by atoms with Crippen molar-refractivity contribution in [2.24, 2.45) is 0 Å². The van der Waals surface area contributed by atoms with E-state index >= 15 is 0 Å². The van der Waals surface area contributed by atoms with E-state index in [0.717, 1.165) is 0 Å². The highest BCUT2D eigenvalue weighted by atomic mass is 15.3. The van der Waals surface area contributed by atoms with E-state index in [9.17, 15) is 0 Å². The highest BCUT2D eigenvalue weighted by Crippen LogP contribution is 2.42. The minimum absolute atomic E-state index is 0.515. The Hall–Kier alpha value is -1.60. The van der Waals surface area contributed by atoms with Gasteiger partial charge in [0, 0.05) is 18.6 Å². The molecule has 3 rings (SSSR count). The summed E-state index contributed by atoms with van der Waals surface area (Å²) in [5, 5.41) is 0. The van der Waals surface area contributed by atoms with Crippen LogP contribution < -0.4 is 0 Å². The second-order valence-electron chi connectivity index (χ2n) is 4.71. The molecule has 86 valence electrons. The van der Waals surface area contributed by atoms with Crippen molar-refractivity contribution in [1.82, 2.24) is 4.90 Å². The molecule has 1 nitrogen and oxygen atoms in total. The Labute approximate surface area is 103 Å². The third-order valence-electron chi connectivity index (χ3n) is 3.61. The number of nitrogens with zero attached hydrogens (tertiary/aromatic N) is 1. The van der Waals surface area contributed by atoms with Gasteiger partial charge in [-0.25, -0.2) is 0 Å². The highest BCUT2D eigenvalue weighted by molar-refractivity contribution is 5.27. The Balaban J connectivity index is 1.73. The summed E-state index contributed by atoms with van der Waals surface area (Å²) in [6.07, 6.45) is 0. The molecule has 1 heterocycles. The molecule has 0 bridgehead atoms. The molecule has 17 heavy (non-hydrogen) atoms. The first-order chi connectivity index (χ1) is 8.36. The molecule has 0 aromatic heterocycles. The summed E-state index contributed by atoms with van der Waals surface area (Å²) >= 11 is 0. The van der Waals surface area contributed by atoms with Crippen LogP contribution in [-0.2, 0) is 0 Å². The number of rotatable bonds is 3. The van der Waals surface area contributed by atoms with E-state index in [4.69, 9.17) is 0 Å². The lowest BCUT2D eigenvalue weighted by Crippen LogP contribution is -2.05. The first kappa shape index (κ1) is 10.5. The smallest absolute Gasteiger partial charge is 0.0482 e. The minimum atomic E-state index is 0.515. The molecule has 0 spiro atoms. The largest absolute Gasteiger partial charge is 0.286 e. The van der Waals surface area contributed by atoms with Gasteiger partial charge < -0.3 is 0 Å². The van der Waals surface area contributed by atoms with Gasteiger partial charge in [-0.05, 0) is 18.1 Å². The van der Waals surface area contributed by atoms with Crippen molar-refractivity contribution >= 4 is 0 Å². The van der Waals surface area contributed by atoms with E-state index in [1.54, 1.807) is 0 Å². The summed E-state index contributed by atoms with van der Waals surface area (Å²) < 4.78 is 0. The molecule has 0 aliphatic carbocycles. The average Bonchev–Trinajstić information content (AvgIpc) is 3.20. The Morgan fingerprint density at radius 3 is 2.18 bits per heavy atom. The molecule has 0 saturated carbocycles. The SMILES string of the molecule is C[C@@H](c1ccccc1)N1C[C@@H]1c1ccccc1. The lowest BCUT2D eigenvalue weighted by molar-refractivity contribution is 0.410. The summed E-state index contributed by atoms with van der Waals surface area (Å²) in [5.41, 5.74) is 2.85. The van der Waals surface area contributed by atoms with Gasteiger partial charge in [-0.2, -0.15) is 0 Å². The number of hydrogen-bond acceptors (Lipinski definition) is 1. The predicted molar refractivity (Wildman–Crippen MR) is 70.7 cm³/mol. The molecule has 1 unspecified atom stereocenters. The van der Waals surface area contributed by atoms with Gasteiger partial charge in [-0.1, -0.05) is 60.7 Å². The van der Waals surface area contributed by atoms with Crippen LogP contribution in [0, 0.1) is 0 Å². The summed E-state index contributed by atoms with van der Waals surface area (Å²) in [5.74, 6) is 0. The van der Waals surface area contributed by atoms with Crippen LogP contribution in [0.4, 0.5) is 0 Å².